The number of hydrazone groups is 1. The Morgan fingerprint density at radius 3 is 2.54 bits per heavy atom. The van der Waals surface area contributed by atoms with E-state index in [1.54, 1.807) is 12.3 Å². The summed E-state index contributed by atoms with van der Waals surface area (Å²) in [6.07, 6.45) is 2.67. The lowest BCUT2D eigenvalue weighted by molar-refractivity contribution is -0.135. The average molecular weight is 552 g/mol. The van der Waals surface area contributed by atoms with Crippen molar-refractivity contribution >= 4 is 40.4 Å². The van der Waals surface area contributed by atoms with Crippen molar-refractivity contribution in [2.45, 2.75) is 6.42 Å². The number of aromatic hydroxyl groups is 1. The minimum Gasteiger partial charge on any atom is -0.506 e. The lowest BCUT2D eigenvalue weighted by atomic mass is 10.0. The first-order chi connectivity index (χ1) is 18.8. The predicted molar refractivity (Wildman–Crippen MR) is 154 cm³/mol. The molecule has 4 rings (SSSR count). The van der Waals surface area contributed by atoms with E-state index in [0.29, 0.717) is 18.8 Å². The van der Waals surface area contributed by atoms with Gasteiger partial charge in [-0.25, -0.2) is 5.43 Å². The molecule has 1 aliphatic heterocycles. The summed E-state index contributed by atoms with van der Waals surface area (Å²) in [5.74, 6) is 0.0437. The highest BCUT2D eigenvalue weighted by Gasteiger charge is 2.21. The highest BCUT2D eigenvalue weighted by Crippen LogP contribution is 2.28. The number of nitrogens with one attached hydrogen (secondary N) is 1. The molecular formula is C29H34ClN5O4. The molecule has 0 bridgehead atoms. The maximum absolute atomic E-state index is 12.8. The monoisotopic (exact) mass is 551 g/mol. The topological polar surface area (TPSA) is 97.7 Å². The fourth-order valence-electron chi connectivity index (χ4n) is 4.47. The number of piperazine rings is 1. The fraction of sp³-hybridized carbons (Fsp3) is 0.345. The van der Waals surface area contributed by atoms with Crippen molar-refractivity contribution in [2.75, 3.05) is 60.0 Å². The molecule has 0 aliphatic carbocycles. The van der Waals surface area contributed by atoms with E-state index in [1.807, 2.05) is 35.2 Å². The third-order valence-corrected chi connectivity index (χ3v) is 6.96. The number of rotatable bonds is 10. The van der Waals surface area contributed by atoms with Crippen molar-refractivity contribution in [3.8, 4) is 11.5 Å². The maximum atomic E-state index is 12.8. The van der Waals surface area contributed by atoms with Crippen LogP contribution >= 0.6 is 11.6 Å². The lowest BCUT2D eigenvalue weighted by Gasteiger charge is -2.34. The van der Waals surface area contributed by atoms with Crippen molar-refractivity contribution in [2.24, 2.45) is 5.10 Å². The summed E-state index contributed by atoms with van der Waals surface area (Å²) in [6.45, 7) is 5.27. The van der Waals surface area contributed by atoms with Crippen LogP contribution < -0.4 is 10.2 Å². The van der Waals surface area contributed by atoms with Crippen molar-refractivity contribution < 1.29 is 19.4 Å². The van der Waals surface area contributed by atoms with Gasteiger partial charge < -0.3 is 19.6 Å². The molecule has 3 aromatic rings. The molecule has 39 heavy (non-hydrogen) atoms. The zero-order valence-electron chi connectivity index (χ0n) is 22.3. The number of amides is 2. The van der Waals surface area contributed by atoms with Crippen LogP contribution in [0.25, 0.3) is 10.8 Å². The van der Waals surface area contributed by atoms with Crippen LogP contribution in [0.5, 0.6) is 11.5 Å². The number of ether oxygens (including phenoxy) is 1. The second-order valence-corrected chi connectivity index (χ2v) is 10.1. The van der Waals surface area contributed by atoms with Gasteiger partial charge in [-0.05, 0) is 69.3 Å². The maximum Gasteiger partial charge on any atom is 0.271 e. The first-order valence-electron chi connectivity index (χ1n) is 12.9. The van der Waals surface area contributed by atoms with E-state index in [1.165, 1.54) is 18.2 Å². The lowest BCUT2D eigenvalue weighted by Crippen LogP contribution is -2.50. The van der Waals surface area contributed by atoms with Crippen LogP contribution in [0, 0.1) is 0 Å². The van der Waals surface area contributed by atoms with Crippen LogP contribution in [0.3, 0.4) is 0 Å². The summed E-state index contributed by atoms with van der Waals surface area (Å²) < 4.78 is 5.97. The summed E-state index contributed by atoms with van der Waals surface area (Å²) in [7, 11) is 4.16. The van der Waals surface area contributed by atoms with Gasteiger partial charge in [0.25, 0.3) is 11.8 Å². The van der Waals surface area contributed by atoms with Gasteiger partial charge in [0, 0.05) is 42.7 Å². The van der Waals surface area contributed by atoms with E-state index in [2.05, 4.69) is 34.4 Å². The quantitative estimate of drug-likeness (QED) is 0.296. The van der Waals surface area contributed by atoms with E-state index in [-0.39, 0.29) is 28.8 Å². The van der Waals surface area contributed by atoms with Crippen LogP contribution in [0.1, 0.15) is 22.3 Å². The van der Waals surface area contributed by atoms with Crippen LogP contribution in [0.15, 0.2) is 59.7 Å². The van der Waals surface area contributed by atoms with Gasteiger partial charge >= 0.3 is 0 Å². The Labute approximate surface area is 233 Å². The van der Waals surface area contributed by atoms with Crippen LogP contribution in [0.4, 0.5) is 0 Å². The van der Waals surface area contributed by atoms with E-state index >= 15 is 0 Å². The molecule has 206 valence electrons. The second-order valence-electron chi connectivity index (χ2n) is 9.73. The first kappa shape index (κ1) is 28.4. The molecule has 0 unspecified atom stereocenters. The molecular weight excluding hydrogens is 518 g/mol. The van der Waals surface area contributed by atoms with Gasteiger partial charge in [0.15, 0.2) is 6.61 Å². The van der Waals surface area contributed by atoms with E-state index < -0.39 is 5.91 Å². The summed E-state index contributed by atoms with van der Waals surface area (Å²) in [6, 6.07) is 15.5. The number of nitrogens with zero attached hydrogens (tertiary/aromatic N) is 4. The summed E-state index contributed by atoms with van der Waals surface area (Å²) >= 11 is 5.88. The SMILES string of the molecule is CN(C)CCCN1CCN(C(=O)COc2ccc(/C=N/NC(=O)c3ccc(O)c(Cl)c3)c3ccccc23)CC1. The molecule has 1 fully saturated rings. The second kappa shape index (κ2) is 13.4. The third-order valence-electron chi connectivity index (χ3n) is 6.65. The molecule has 0 spiro atoms. The molecule has 0 aromatic heterocycles. The number of fused-ring (bicyclic) bond motifs is 1. The van der Waals surface area contributed by atoms with Crippen LogP contribution in [0.2, 0.25) is 5.02 Å². The van der Waals surface area contributed by atoms with E-state index in [4.69, 9.17) is 16.3 Å². The number of benzene rings is 3. The number of carbonyl (C=O) groups is 2. The Morgan fingerprint density at radius 1 is 1.08 bits per heavy atom. The van der Waals surface area contributed by atoms with E-state index in [0.717, 1.165) is 48.9 Å². The number of hydrogen-bond acceptors (Lipinski definition) is 7. The molecule has 0 saturated carbocycles. The zero-order chi connectivity index (χ0) is 27.8. The molecule has 0 atom stereocenters. The van der Waals surface area contributed by atoms with Gasteiger partial charge in [0.2, 0.25) is 0 Å². The van der Waals surface area contributed by atoms with E-state index in [9.17, 15) is 14.7 Å². The molecule has 9 nitrogen and oxygen atoms in total. The smallest absolute Gasteiger partial charge is 0.271 e. The largest absolute Gasteiger partial charge is 0.506 e. The number of phenols is 1. The third kappa shape index (κ3) is 7.69. The minimum atomic E-state index is -0.453. The van der Waals surface area contributed by atoms with Crippen molar-refractivity contribution in [3.05, 3.63) is 70.7 Å². The fourth-order valence-corrected chi connectivity index (χ4v) is 4.65. The average Bonchev–Trinajstić information content (AvgIpc) is 2.94. The molecule has 2 amide bonds. The molecule has 10 heteroatoms. The van der Waals surface area contributed by atoms with Crippen molar-refractivity contribution in [1.29, 1.82) is 0 Å². The first-order valence-corrected chi connectivity index (χ1v) is 13.3. The Hall–Kier alpha value is -3.66. The Morgan fingerprint density at radius 2 is 1.82 bits per heavy atom. The molecule has 1 saturated heterocycles. The van der Waals surface area contributed by atoms with Crippen LogP contribution in [-0.2, 0) is 4.79 Å². The van der Waals surface area contributed by atoms with Gasteiger partial charge in [0.05, 0.1) is 11.2 Å². The van der Waals surface area contributed by atoms with Gasteiger partial charge in [-0.3, -0.25) is 14.5 Å². The highest BCUT2D eigenvalue weighted by molar-refractivity contribution is 6.32. The summed E-state index contributed by atoms with van der Waals surface area (Å²) in [5.41, 5.74) is 3.53. The molecule has 2 N–H and O–H groups in total. The number of halogens is 1. The Kier molecular flexibility index (Phi) is 9.75. The Balaban J connectivity index is 1.33. The summed E-state index contributed by atoms with van der Waals surface area (Å²) in [5, 5.41) is 15.4. The number of phenolic OH excluding ortho intramolecular Hbond substituents is 1. The summed E-state index contributed by atoms with van der Waals surface area (Å²) in [4.78, 5) is 31.7. The van der Waals surface area contributed by atoms with Gasteiger partial charge in [-0.1, -0.05) is 35.9 Å². The van der Waals surface area contributed by atoms with Gasteiger partial charge in [-0.15, -0.1) is 0 Å². The predicted octanol–water partition coefficient (Wildman–Crippen LogP) is 3.44. The standard InChI is InChI=1S/C29H34ClN5O4/c1-33(2)12-5-13-34-14-16-35(17-15-34)28(37)20-39-27-11-9-22(23-6-3-4-7-24(23)27)19-31-32-29(38)21-8-10-26(36)25(30)18-21/h3-4,6-11,18-19,36H,5,12-17,20H2,1-2H3,(H,32,38)/b31-19+. The van der Waals surface area contributed by atoms with Crippen molar-refractivity contribution in [3.63, 3.8) is 0 Å². The normalized spacial score (nSPS) is 14.3. The number of hydrogen-bond donors (Lipinski definition) is 2. The van der Waals surface area contributed by atoms with Crippen molar-refractivity contribution in [1.82, 2.24) is 20.1 Å². The number of carbonyl (C=O) groups excluding carboxylic acids is 2. The molecule has 0 radical (unpaired) electrons. The Bertz CT molecular complexity index is 1340. The molecule has 1 heterocycles. The zero-order valence-corrected chi connectivity index (χ0v) is 23.0. The minimum absolute atomic E-state index is 0.0188. The molecule has 3 aromatic carbocycles. The van der Waals surface area contributed by atoms with Gasteiger partial charge in [0.1, 0.15) is 11.5 Å². The van der Waals surface area contributed by atoms with Crippen LogP contribution in [-0.4, -0.2) is 97.8 Å². The highest BCUT2D eigenvalue weighted by atomic mass is 35.5. The van der Waals surface area contributed by atoms with Gasteiger partial charge in [-0.2, -0.15) is 5.10 Å². The molecule has 1 aliphatic rings.